The largest absolute Gasteiger partial charge is 0.352 e. The molecule has 1 N–H and O–H groups in total. The summed E-state index contributed by atoms with van der Waals surface area (Å²) in [6, 6.07) is 25.1. The van der Waals surface area contributed by atoms with Gasteiger partial charge in [0, 0.05) is 19.0 Å². The average molecular weight is 722 g/mol. The van der Waals surface area contributed by atoms with Gasteiger partial charge in [0.15, 0.2) is 0 Å². The first-order valence-corrected chi connectivity index (χ1v) is 17.5. The van der Waals surface area contributed by atoms with Gasteiger partial charge in [0.05, 0.1) is 30.7 Å². The maximum Gasteiger partial charge on any atom is 0.264 e. The van der Waals surface area contributed by atoms with E-state index in [1.54, 1.807) is 36.4 Å². The summed E-state index contributed by atoms with van der Waals surface area (Å²) in [4.78, 5) is 29.8. The highest BCUT2D eigenvalue weighted by molar-refractivity contribution is 7.92. The Hall–Kier alpha value is -3.27. The Bertz CT molecular complexity index is 1780. The third kappa shape index (κ3) is 8.96. The molecule has 0 aliphatic carbocycles. The predicted octanol–water partition coefficient (Wildman–Crippen LogP) is 8.05. The number of sulfonamides is 1. The number of benzene rings is 4. The van der Waals surface area contributed by atoms with Crippen LogP contribution < -0.4 is 9.62 Å². The van der Waals surface area contributed by atoms with E-state index in [4.69, 9.17) is 46.4 Å². The summed E-state index contributed by atoms with van der Waals surface area (Å²) >= 11 is 25.0. The number of amides is 2. The van der Waals surface area contributed by atoms with Crippen molar-refractivity contribution in [2.24, 2.45) is 0 Å². The van der Waals surface area contributed by atoms with E-state index in [1.807, 2.05) is 44.2 Å². The summed E-state index contributed by atoms with van der Waals surface area (Å²) in [6.07, 6.45) is 0.847. The summed E-state index contributed by atoms with van der Waals surface area (Å²) in [5, 5.41) is 3.95. The molecule has 2 amide bonds. The molecule has 0 fully saturated rings. The van der Waals surface area contributed by atoms with Crippen molar-refractivity contribution < 1.29 is 18.0 Å². The second-order valence-electron chi connectivity index (χ2n) is 10.7. The smallest absolute Gasteiger partial charge is 0.264 e. The highest BCUT2D eigenvalue weighted by Crippen LogP contribution is 2.31. The molecule has 0 heterocycles. The van der Waals surface area contributed by atoms with Crippen molar-refractivity contribution in [3.63, 3.8) is 0 Å². The fraction of sp³-hybridized carbons (Fsp3) is 0.235. The Balaban J connectivity index is 1.83. The highest BCUT2D eigenvalue weighted by Gasteiger charge is 2.35. The number of hydrogen-bond acceptors (Lipinski definition) is 4. The molecule has 4 aromatic rings. The summed E-state index contributed by atoms with van der Waals surface area (Å²) in [5.74, 6) is -1.00. The number of carbonyl (C=O) groups excluding carboxylic acids is 2. The maximum atomic E-state index is 14.5. The molecule has 0 bridgehead atoms. The molecule has 0 saturated heterocycles. The van der Waals surface area contributed by atoms with Crippen molar-refractivity contribution in [1.82, 2.24) is 10.2 Å². The van der Waals surface area contributed by atoms with Crippen LogP contribution in [-0.4, -0.2) is 43.8 Å². The molecular formula is C34H33Cl4N3O4S. The molecule has 0 aromatic heterocycles. The van der Waals surface area contributed by atoms with Crippen LogP contribution in [0, 0.1) is 0 Å². The summed E-state index contributed by atoms with van der Waals surface area (Å²) in [5.41, 5.74) is 1.55. The van der Waals surface area contributed by atoms with Crippen LogP contribution in [0.5, 0.6) is 0 Å². The normalized spacial score (nSPS) is 12.7. The Morgan fingerprint density at radius 1 is 0.761 bits per heavy atom. The first kappa shape index (κ1) is 35.6. The molecule has 2 unspecified atom stereocenters. The molecule has 0 aliphatic heterocycles. The van der Waals surface area contributed by atoms with Gasteiger partial charge in [-0.25, -0.2) is 8.42 Å². The Kier molecular flexibility index (Phi) is 12.4. The van der Waals surface area contributed by atoms with E-state index in [0.29, 0.717) is 17.0 Å². The van der Waals surface area contributed by atoms with E-state index in [0.717, 1.165) is 9.87 Å². The van der Waals surface area contributed by atoms with E-state index < -0.39 is 28.5 Å². The molecule has 2 atom stereocenters. The molecular weight excluding hydrogens is 688 g/mol. The third-order valence-electron chi connectivity index (χ3n) is 7.41. The lowest BCUT2D eigenvalue weighted by Gasteiger charge is -2.34. The lowest BCUT2D eigenvalue weighted by Crippen LogP contribution is -2.54. The van der Waals surface area contributed by atoms with Gasteiger partial charge in [-0.3, -0.25) is 13.9 Å². The monoisotopic (exact) mass is 719 g/mol. The SMILES string of the molecule is CCC(C)NC(=O)C(Cc1ccccc1)N(Cc1ccc(Cl)c(Cl)c1)C(=O)CN(c1ccc(Cl)c(Cl)c1)S(=O)(=O)c1ccccc1. The zero-order valence-electron chi connectivity index (χ0n) is 25.2. The van der Waals surface area contributed by atoms with Crippen LogP contribution in [0.25, 0.3) is 0 Å². The van der Waals surface area contributed by atoms with E-state index in [1.165, 1.54) is 35.2 Å². The minimum Gasteiger partial charge on any atom is -0.352 e. The van der Waals surface area contributed by atoms with Crippen LogP contribution in [0.1, 0.15) is 31.4 Å². The molecule has 0 spiro atoms. The van der Waals surface area contributed by atoms with Gasteiger partial charge in [0.25, 0.3) is 10.0 Å². The lowest BCUT2D eigenvalue weighted by atomic mass is 10.0. The van der Waals surface area contributed by atoms with Crippen LogP contribution >= 0.6 is 46.4 Å². The number of nitrogens with one attached hydrogen (secondary N) is 1. The van der Waals surface area contributed by atoms with Crippen molar-refractivity contribution in [2.45, 2.75) is 50.2 Å². The lowest BCUT2D eigenvalue weighted by molar-refractivity contribution is -0.140. The summed E-state index contributed by atoms with van der Waals surface area (Å²) in [7, 11) is -4.28. The number of carbonyl (C=O) groups is 2. The standard InChI is InChI=1S/C34H33Cl4N3O4S/c1-3-23(2)39-34(43)32(19-24-10-6-4-7-11-24)40(21-25-14-16-28(35)30(37)18-25)33(42)22-41(26-15-17-29(36)31(38)20-26)46(44,45)27-12-8-5-9-13-27/h4-18,20,23,32H,3,19,21-22H2,1-2H3,(H,39,43). The van der Waals surface area contributed by atoms with Gasteiger partial charge in [-0.05, 0) is 66.9 Å². The van der Waals surface area contributed by atoms with Crippen molar-refractivity contribution in [3.05, 3.63) is 128 Å². The number of nitrogens with zero attached hydrogens (tertiary/aromatic N) is 2. The van der Waals surface area contributed by atoms with E-state index >= 15 is 0 Å². The van der Waals surface area contributed by atoms with E-state index in [2.05, 4.69) is 5.32 Å². The Morgan fingerprint density at radius 3 is 1.93 bits per heavy atom. The molecule has 0 radical (unpaired) electrons. The quantitative estimate of drug-likeness (QED) is 0.152. The van der Waals surface area contributed by atoms with E-state index in [-0.39, 0.29) is 50.6 Å². The molecule has 0 aliphatic rings. The van der Waals surface area contributed by atoms with Crippen molar-refractivity contribution >= 4 is 73.9 Å². The summed E-state index contributed by atoms with van der Waals surface area (Å²) in [6.45, 7) is 3.13. The van der Waals surface area contributed by atoms with Crippen LogP contribution in [-0.2, 0) is 32.6 Å². The first-order valence-electron chi connectivity index (χ1n) is 14.5. The molecule has 46 heavy (non-hydrogen) atoms. The first-order chi connectivity index (χ1) is 21.9. The maximum absolute atomic E-state index is 14.5. The number of halogens is 4. The number of anilines is 1. The van der Waals surface area contributed by atoms with Crippen molar-refractivity contribution in [3.8, 4) is 0 Å². The van der Waals surface area contributed by atoms with Gasteiger partial charge in [-0.2, -0.15) is 0 Å². The molecule has 0 saturated carbocycles. The average Bonchev–Trinajstić information content (AvgIpc) is 3.05. The second-order valence-corrected chi connectivity index (χ2v) is 14.2. The fourth-order valence-electron chi connectivity index (χ4n) is 4.72. The third-order valence-corrected chi connectivity index (χ3v) is 10.7. The van der Waals surface area contributed by atoms with Crippen molar-refractivity contribution in [2.75, 3.05) is 10.8 Å². The van der Waals surface area contributed by atoms with Gasteiger partial charge in [0.2, 0.25) is 11.8 Å². The van der Waals surface area contributed by atoms with Gasteiger partial charge in [-0.15, -0.1) is 0 Å². The fourth-order valence-corrected chi connectivity index (χ4v) is 6.76. The number of hydrogen-bond donors (Lipinski definition) is 1. The van der Waals surface area contributed by atoms with Crippen LogP contribution in [0.2, 0.25) is 20.1 Å². The highest BCUT2D eigenvalue weighted by atomic mass is 35.5. The van der Waals surface area contributed by atoms with Gasteiger partial charge in [-0.1, -0.05) is 108 Å². The van der Waals surface area contributed by atoms with Gasteiger partial charge >= 0.3 is 0 Å². The molecule has 4 rings (SSSR count). The zero-order chi connectivity index (χ0) is 33.4. The van der Waals surface area contributed by atoms with E-state index in [9.17, 15) is 18.0 Å². The molecule has 7 nitrogen and oxygen atoms in total. The molecule has 4 aromatic carbocycles. The van der Waals surface area contributed by atoms with Crippen LogP contribution in [0.15, 0.2) is 102 Å². The second kappa shape index (κ2) is 16.0. The minimum atomic E-state index is -4.28. The Labute approximate surface area is 290 Å². The zero-order valence-corrected chi connectivity index (χ0v) is 29.0. The van der Waals surface area contributed by atoms with Crippen molar-refractivity contribution in [1.29, 1.82) is 0 Å². The van der Waals surface area contributed by atoms with Gasteiger partial charge < -0.3 is 10.2 Å². The minimum absolute atomic E-state index is 0.0275. The topological polar surface area (TPSA) is 86.8 Å². The van der Waals surface area contributed by atoms with Crippen LogP contribution in [0.4, 0.5) is 5.69 Å². The van der Waals surface area contributed by atoms with Gasteiger partial charge in [0.1, 0.15) is 12.6 Å². The molecule has 242 valence electrons. The molecule has 12 heteroatoms. The number of rotatable bonds is 13. The summed E-state index contributed by atoms with van der Waals surface area (Å²) < 4.78 is 29.1. The Morgan fingerprint density at radius 2 is 1.35 bits per heavy atom. The predicted molar refractivity (Wildman–Crippen MR) is 186 cm³/mol. The van der Waals surface area contributed by atoms with Crippen LogP contribution in [0.3, 0.4) is 0 Å².